The van der Waals surface area contributed by atoms with Crippen molar-refractivity contribution in [3.63, 3.8) is 0 Å². The van der Waals surface area contributed by atoms with Crippen molar-refractivity contribution in [3.05, 3.63) is 0 Å². The summed E-state index contributed by atoms with van der Waals surface area (Å²) < 4.78 is 5.42. The second-order valence-electron chi connectivity index (χ2n) is 7.16. The van der Waals surface area contributed by atoms with E-state index in [9.17, 15) is 4.79 Å². The molecule has 2 aliphatic rings. The fraction of sp³-hybridized carbons (Fsp3) is 0.941. The predicted octanol–water partition coefficient (Wildman–Crippen LogP) is 1.42. The molecule has 0 radical (unpaired) electrons. The first-order chi connectivity index (χ1) is 10.7. The van der Waals surface area contributed by atoms with Crippen molar-refractivity contribution in [1.29, 1.82) is 0 Å². The lowest BCUT2D eigenvalue weighted by Gasteiger charge is -2.37. The molecule has 5 heteroatoms. The third-order valence-electron chi connectivity index (χ3n) is 5.41. The van der Waals surface area contributed by atoms with Gasteiger partial charge >= 0.3 is 0 Å². The van der Waals surface area contributed by atoms with Gasteiger partial charge in [0.25, 0.3) is 0 Å². The Morgan fingerprint density at radius 3 is 2.59 bits per heavy atom. The minimum Gasteiger partial charge on any atom is -0.384 e. The fourth-order valence-electron chi connectivity index (χ4n) is 3.88. The van der Waals surface area contributed by atoms with Crippen LogP contribution in [-0.2, 0) is 9.53 Å². The van der Waals surface area contributed by atoms with Gasteiger partial charge in [-0.2, -0.15) is 0 Å². The van der Waals surface area contributed by atoms with Gasteiger partial charge in [-0.25, -0.2) is 0 Å². The zero-order chi connectivity index (χ0) is 15.8. The van der Waals surface area contributed by atoms with Crippen LogP contribution in [0.4, 0.5) is 0 Å². The van der Waals surface area contributed by atoms with E-state index < -0.39 is 0 Å². The number of nitrogens with one attached hydrogen (secondary N) is 2. The molecule has 22 heavy (non-hydrogen) atoms. The molecule has 1 saturated carbocycles. The molecule has 2 atom stereocenters. The van der Waals surface area contributed by atoms with Crippen LogP contribution in [0.5, 0.6) is 0 Å². The SMILES string of the molecule is COCC1(CNC(=O)C2CCCCCCC2N)CCNCC1. The Balaban J connectivity index is 1.88. The average molecular weight is 311 g/mol. The van der Waals surface area contributed by atoms with Crippen molar-refractivity contribution in [1.82, 2.24) is 10.6 Å². The Hall–Kier alpha value is -0.650. The number of hydrogen-bond donors (Lipinski definition) is 3. The molecule has 2 unspecified atom stereocenters. The molecule has 0 aromatic heterocycles. The van der Waals surface area contributed by atoms with E-state index >= 15 is 0 Å². The number of ether oxygens (including phenoxy) is 1. The minimum atomic E-state index is -0.0124. The van der Waals surface area contributed by atoms with Crippen LogP contribution in [-0.4, -0.2) is 45.3 Å². The minimum absolute atomic E-state index is 0.0124. The molecule has 5 nitrogen and oxygen atoms in total. The summed E-state index contributed by atoms with van der Waals surface area (Å²) in [5.41, 5.74) is 6.34. The van der Waals surface area contributed by atoms with Gasteiger partial charge < -0.3 is 21.1 Å². The Morgan fingerprint density at radius 2 is 1.91 bits per heavy atom. The number of nitrogens with two attached hydrogens (primary N) is 1. The van der Waals surface area contributed by atoms with Crippen LogP contribution in [0.1, 0.15) is 51.4 Å². The van der Waals surface area contributed by atoms with Gasteiger partial charge in [0, 0.05) is 25.1 Å². The molecular weight excluding hydrogens is 278 g/mol. The third kappa shape index (κ3) is 4.93. The number of hydrogen-bond acceptors (Lipinski definition) is 4. The van der Waals surface area contributed by atoms with E-state index in [0.29, 0.717) is 13.2 Å². The van der Waals surface area contributed by atoms with Crippen molar-refractivity contribution < 1.29 is 9.53 Å². The van der Waals surface area contributed by atoms with Crippen LogP contribution in [0, 0.1) is 11.3 Å². The average Bonchev–Trinajstić information content (AvgIpc) is 2.50. The number of methoxy groups -OCH3 is 1. The summed E-state index contributed by atoms with van der Waals surface area (Å²) in [6.07, 6.45) is 8.79. The Bertz CT molecular complexity index is 337. The van der Waals surface area contributed by atoms with E-state index in [4.69, 9.17) is 10.5 Å². The number of piperidine rings is 1. The van der Waals surface area contributed by atoms with Crippen LogP contribution in [0.15, 0.2) is 0 Å². The second-order valence-corrected chi connectivity index (χ2v) is 7.16. The molecule has 1 aliphatic carbocycles. The van der Waals surface area contributed by atoms with E-state index in [-0.39, 0.29) is 23.3 Å². The molecule has 0 aromatic carbocycles. The summed E-state index contributed by atoms with van der Waals surface area (Å²) in [7, 11) is 1.75. The maximum Gasteiger partial charge on any atom is 0.224 e. The van der Waals surface area contributed by atoms with Crippen molar-refractivity contribution in [2.45, 2.75) is 57.4 Å². The van der Waals surface area contributed by atoms with Gasteiger partial charge in [-0.1, -0.05) is 25.7 Å². The normalized spacial score (nSPS) is 29.4. The lowest BCUT2D eigenvalue weighted by atomic mass is 9.79. The molecule has 1 saturated heterocycles. The molecule has 128 valence electrons. The summed E-state index contributed by atoms with van der Waals surface area (Å²) in [6.45, 7) is 3.43. The van der Waals surface area contributed by atoms with Gasteiger partial charge in [0.05, 0.1) is 12.5 Å². The van der Waals surface area contributed by atoms with Crippen molar-refractivity contribution >= 4 is 5.91 Å². The molecular formula is C17H33N3O2. The zero-order valence-electron chi connectivity index (χ0n) is 14.0. The highest BCUT2D eigenvalue weighted by Gasteiger charge is 2.34. The summed E-state index contributed by atoms with van der Waals surface area (Å²) in [5.74, 6) is 0.144. The summed E-state index contributed by atoms with van der Waals surface area (Å²) >= 11 is 0. The van der Waals surface area contributed by atoms with E-state index in [1.807, 2.05) is 0 Å². The van der Waals surface area contributed by atoms with Crippen molar-refractivity contribution in [3.8, 4) is 0 Å². The van der Waals surface area contributed by atoms with Gasteiger partial charge in [-0.15, -0.1) is 0 Å². The third-order valence-corrected chi connectivity index (χ3v) is 5.41. The summed E-state index contributed by atoms with van der Waals surface area (Å²) in [5, 5.41) is 6.58. The van der Waals surface area contributed by atoms with E-state index in [2.05, 4.69) is 10.6 Å². The predicted molar refractivity (Wildman–Crippen MR) is 88.6 cm³/mol. The van der Waals surface area contributed by atoms with Crippen LogP contribution in [0.3, 0.4) is 0 Å². The highest BCUT2D eigenvalue weighted by atomic mass is 16.5. The van der Waals surface area contributed by atoms with E-state index in [1.165, 1.54) is 12.8 Å². The Morgan fingerprint density at radius 1 is 1.23 bits per heavy atom. The number of carbonyl (C=O) groups is 1. The Labute approximate surface area is 134 Å². The number of rotatable bonds is 5. The fourth-order valence-corrected chi connectivity index (χ4v) is 3.88. The van der Waals surface area contributed by atoms with Gasteiger partial charge in [-0.3, -0.25) is 4.79 Å². The molecule has 1 amide bonds. The molecule has 1 aliphatic heterocycles. The highest BCUT2D eigenvalue weighted by Crippen LogP contribution is 2.29. The van der Waals surface area contributed by atoms with Crippen LogP contribution in [0.2, 0.25) is 0 Å². The quantitative estimate of drug-likeness (QED) is 0.717. The highest BCUT2D eigenvalue weighted by molar-refractivity contribution is 5.79. The zero-order valence-corrected chi connectivity index (χ0v) is 14.0. The molecule has 4 N–H and O–H groups in total. The Kier molecular flexibility index (Phi) is 7.12. The largest absolute Gasteiger partial charge is 0.384 e. The van der Waals surface area contributed by atoms with Crippen molar-refractivity contribution in [2.75, 3.05) is 33.4 Å². The molecule has 0 aromatic rings. The second kappa shape index (κ2) is 8.85. The van der Waals surface area contributed by atoms with Crippen molar-refractivity contribution in [2.24, 2.45) is 17.1 Å². The first-order valence-corrected chi connectivity index (χ1v) is 8.90. The van der Waals surface area contributed by atoms with Gasteiger partial charge in [0.2, 0.25) is 5.91 Å². The monoisotopic (exact) mass is 311 g/mol. The molecule has 2 rings (SSSR count). The van der Waals surface area contributed by atoms with E-state index in [0.717, 1.165) is 51.6 Å². The molecule has 0 spiro atoms. The lowest BCUT2D eigenvalue weighted by Crippen LogP contribution is -2.50. The maximum atomic E-state index is 12.6. The summed E-state index contributed by atoms with van der Waals surface area (Å²) in [6, 6.07) is 0.0201. The lowest BCUT2D eigenvalue weighted by molar-refractivity contribution is -0.127. The van der Waals surface area contributed by atoms with Gasteiger partial charge in [0.15, 0.2) is 0 Å². The van der Waals surface area contributed by atoms with Gasteiger partial charge in [-0.05, 0) is 38.8 Å². The molecule has 0 bridgehead atoms. The van der Waals surface area contributed by atoms with Crippen LogP contribution >= 0.6 is 0 Å². The smallest absolute Gasteiger partial charge is 0.224 e. The first kappa shape index (κ1) is 17.7. The standard InChI is InChI=1S/C17H33N3O2/c1-22-13-17(8-10-19-11-9-17)12-20-16(21)14-6-4-2-3-5-7-15(14)18/h14-15,19H,2-13,18H2,1H3,(H,20,21). The first-order valence-electron chi connectivity index (χ1n) is 8.90. The topological polar surface area (TPSA) is 76.4 Å². The molecule has 2 fully saturated rings. The summed E-state index contributed by atoms with van der Waals surface area (Å²) in [4.78, 5) is 12.6. The number of amides is 1. The maximum absolute atomic E-state index is 12.6. The molecule has 1 heterocycles. The van der Waals surface area contributed by atoms with Crippen LogP contribution in [0.25, 0.3) is 0 Å². The van der Waals surface area contributed by atoms with Gasteiger partial charge in [0.1, 0.15) is 0 Å². The van der Waals surface area contributed by atoms with Crippen LogP contribution < -0.4 is 16.4 Å². The van der Waals surface area contributed by atoms with E-state index in [1.54, 1.807) is 7.11 Å². The number of carbonyl (C=O) groups excluding carboxylic acids is 1.